The SMILES string of the molecule is [Al].[C].[Co].[Cr].[Fe].[Mn].[Mo].[Ni].[Si].[Ti].[W]. The van der Waals surface area contributed by atoms with Crippen LogP contribution < -0.4 is 0 Å². The average molecular weight is 675 g/mol. The maximum Gasteiger partial charge on any atom is 0 e. The van der Waals surface area contributed by atoms with E-state index < -0.39 is 0 Å². The third kappa shape index (κ3) is 94.7. The van der Waals surface area contributed by atoms with Crippen LogP contribution in [0.25, 0.3) is 0 Å². The van der Waals surface area contributed by atoms with Gasteiger partial charge in [0.1, 0.15) is 0 Å². The summed E-state index contributed by atoms with van der Waals surface area (Å²) in [7, 11) is 0. The molecule has 0 nitrogen and oxygen atoms in total. The van der Waals surface area contributed by atoms with Crippen molar-refractivity contribution in [3.05, 3.63) is 7.43 Å². The normalized spacial score (nSPS) is 0. The van der Waals surface area contributed by atoms with Gasteiger partial charge in [-0.25, -0.2) is 0 Å². The summed E-state index contributed by atoms with van der Waals surface area (Å²) in [6, 6.07) is 0. The Labute approximate surface area is 181 Å². The Kier molecular flexibility index (Phi) is 1320. The van der Waals surface area contributed by atoms with Crippen molar-refractivity contribution in [3.8, 4) is 0 Å². The first-order valence-electron chi connectivity index (χ1n) is 0. The van der Waals surface area contributed by atoms with E-state index in [9.17, 15) is 0 Å². The maximum absolute atomic E-state index is 0. The van der Waals surface area contributed by atoms with E-state index in [0.29, 0.717) is 0 Å². The van der Waals surface area contributed by atoms with Gasteiger partial charge in [0.25, 0.3) is 0 Å². The molecule has 13 radical (unpaired) electrons. The second kappa shape index (κ2) is 109. The first-order valence-corrected chi connectivity index (χ1v) is 0. The Morgan fingerprint density at radius 3 is 1.00 bits per heavy atom. The van der Waals surface area contributed by atoms with Gasteiger partial charge in [0.2, 0.25) is 0 Å². The van der Waals surface area contributed by atoms with Crippen molar-refractivity contribution in [3.63, 3.8) is 0 Å². The molecule has 0 unspecified atom stereocenters. The van der Waals surface area contributed by atoms with Crippen molar-refractivity contribution in [2.45, 2.75) is 0 Å². The van der Waals surface area contributed by atoms with Crippen LogP contribution in [0.4, 0.5) is 0 Å². The first-order chi connectivity index (χ1) is 0. The van der Waals surface area contributed by atoms with Crippen molar-refractivity contribution < 1.29 is 149 Å². The third-order valence-corrected chi connectivity index (χ3v) is 0. The van der Waals surface area contributed by atoms with Gasteiger partial charge in [0.05, 0.1) is 0 Å². The molecule has 0 aliphatic rings. The fourth-order valence-corrected chi connectivity index (χ4v) is 0. The summed E-state index contributed by atoms with van der Waals surface area (Å²) in [6.45, 7) is 0. The Morgan fingerprint density at radius 2 is 1.00 bits per heavy atom. The number of hydrogen-bond donors (Lipinski definition) is 0. The monoisotopic (exact) mass is 676 g/mol. The van der Waals surface area contributed by atoms with Crippen LogP contribution in [0.3, 0.4) is 0 Å². The second-order valence-corrected chi connectivity index (χ2v) is 0. The van der Waals surface area contributed by atoms with Gasteiger partial charge in [-0.15, -0.1) is 0 Å². The molecule has 0 heterocycles. The van der Waals surface area contributed by atoms with Crippen molar-refractivity contribution in [1.29, 1.82) is 0 Å². The molecule has 0 aliphatic carbocycles. The molecule has 0 saturated heterocycles. The van der Waals surface area contributed by atoms with E-state index in [2.05, 4.69) is 0 Å². The molecule has 0 saturated carbocycles. The van der Waals surface area contributed by atoms with Gasteiger partial charge in [-0.2, -0.15) is 0 Å². The summed E-state index contributed by atoms with van der Waals surface area (Å²) in [4.78, 5) is 0. The van der Waals surface area contributed by atoms with E-state index in [0.717, 1.165) is 0 Å². The van der Waals surface area contributed by atoms with Crippen LogP contribution in [0.15, 0.2) is 0 Å². The minimum absolute atomic E-state index is 0. The fraction of sp³-hybridized carbons (Fsp3) is 0. The maximum atomic E-state index is 0. The topological polar surface area (TPSA) is 0 Å². The summed E-state index contributed by atoms with van der Waals surface area (Å²) in [5, 5.41) is 0. The Bertz CT molecular complexity index is 38.1. The van der Waals surface area contributed by atoms with Gasteiger partial charge in [-0.05, 0) is 0 Å². The van der Waals surface area contributed by atoms with Crippen LogP contribution in [0, 0.1) is 7.43 Å². The predicted octanol–water partition coefficient (Wildman–Crippen LogP) is -0.700. The molecule has 10 heteroatoms. The largest absolute Gasteiger partial charge is 0 e. The van der Waals surface area contributed by atoms with Crippen molar-refractivity contribution >= 4 is 28.3 Å². The predicted molar refractivity (Wildman–Crippen MR) is 14.8 cm³/mol. The molecule has 0 atom stereocenters. The van der Waals surface area contributed by atoms with Gasteiger partial charge in [-0.1, -0.05) is 0 Å². The molecule has 0 aliphatic heterocycles. The zero-order valence-corrected chi connectivity index (χ0v) is 18.9. The molecule has 0 aromatic rings. The summed E-state index contributed by atoms with van der Waals surface area (Å²) in [5.74, 6) is 0. The molecular weight excluding hydrogens is 675 g/mol. The molecule has 11 heavy (non-hydrogen) atoms. The van der Waals surface area contributed by atoms with Crippen molar-refractivity contribution in [1.82, 2.24) is 0 Å². The van der Waals surface area contributed by atoms with Gasteiger partial charge in [0.15, 0.2) is 0 Å². The van der Waals surface area contributed by atoms with E-state index in [-0.39, 0.29) is 184 Å². The Hall–Kier alpha value is 5.41. The molecular formula is CAlCoCrFeMnMoNiSiTiW. The van der Waals surface area contributed by atoms with Crippen molar-refractivity contribution in [2.24, 2.45) is 0 Å². The van der Waals surface area contributed by atoms with Crippen LogP contribution in [-0.2, 0) is 149 Å². The quantitative estimate of drug-likeness (QED) is 0.299. The van der Waals surface area contributed by atoms with E-state index >= 15 is 0 Å². The molecule has 0 aromatic carbocycles. The minimum atomic E-state index is 0. The van der Waals surface area contributed by atoms with E-state index in [1.807, 2.05) is 0 Å². The molecule has 0 amide bonds. The third-order valence-electron chi connectivity index (χ3n) is 0. The summed E-state index contributed by atoms with van der Waals surface area (Å²) < 4.78 is 0. The molecule has 0 aromatic heterocycles. The Morgan fingerprint density at radius 1 is 1.00 bits per heavy atom. The fourth-order valence-electron chi connectivity index (χ4n) is 0. The minimum Gasteiger partial charge on any atom is 0 e. The first kappa shape index (κ1) is 133. The smallest absolute Gasteiger partial charge is 0 e. The van der Waals surface area contributed by atoms with E-state index in [1.54, 1.807) is 0 Å². The second-order valence-electron chi connectivity index (χ2n) is 0. The molecule has 0 spiro atoms. The van der Waals surface area contributed by atoms with Crippen LogP contribution in [-0.4, -0.2) is 28.3 Å². The number of hydrogen-bond acceptors (Lipinski definition) is 0. The van der Waals surface area contributed by atoms with Gasteiger partial charge in [0, 0.05) is 184 Å². The Balaban J connectivity index is 0. The molecule has 0 fully saturated rings. The van der Waals surface area contributed by atoms with Gasteiger partial charge < -0.3 is 0 Å². The average Bonchev–Trinajstić information content (AvgIpc) is 0. The molecule has 0 N–H and O–H groups in total. The molecule has 0 bridgehead atoms. The van der Waals surface area contributed by atoms with Gasteiger partial charge >= 0.3 is 0 Å². The van der Waals surface area contributed by atoms with Crippen LogP contribution in [0.1, 0.15) is 0 Å². The zero-order chi connectivity index (χ0) is 0. The summed E-state index contributed by atoms with van der Waals surface area (Å²) in [6.07, 6.45) is 0. The summed E-state index contributed by atoms with van der Waals surface area (Å²) in [5.41, 5.74) is 0. The zero-order valence-electron chi connectivity index (χ0n) is 4.68. The standard InChI is InChI=1S/C.Al.Co.Cr.Fe.Mn.Mo.Ni.Si.Ti.W. The number of rotatable bonds is 0. The van der Waals surface area contributed by atoms with E-state index in [1.165, 1.54) is 0 Å². The summed E-state index contributed by atoms with van der Waals surface area (Å²) >= 11 is 0. The van der Waals surface area contributed by atoms with Crippen LogP contribution in [0.5, 0.6) is 0 Å². The molecule has 0 rings (SSSR count). The van der Waals surface area contributed by atoms with Crippen LogP contribution >= 0.6 is 0 Å². The van der Waals surface area contributed by atoms with Gasteiger partial charge in [-0.3, -0.25) is 0 Å². The molecule has 67 valence electrons. The van der Waals surface area contributed by atoms with Crippen molar-refractivity contribution in [2.75, 3.05) is 0 Å². The van der Waals surface area contributed by atoms with E-state index in [4.69, 9.17) is 0 Å². The van der Waals surface area contributed by atoms with Crippen LogP contribution in [0.2, 0.25) is 0 Å².